The third kappa shape index (κ3) is 3.81. The Labute approximate surface area is 179 Å². The number of ether oxygens (including phenoxy) is 2. The van der Waals surface area contributed by atoms with E-state index in [1.807, 2.05) is 18.2 Å². The van der Waals surface area contributed by atoms with Crippen LogP contribution < -0.4 is 25.2 Å². The molecular weight excluding hydrogens is 396 g/mol. The molecule has 1 unspecified atom stereocenters. The summed E-state index contributed by atoms with van der Waals surface area (Å²) < 4.78 is 11.9. The fraction of sp³-hybridized carbons (Fsp3) is 0.348. The van der Waals surface area contributed by atoms with Gasteiger partial charge in [0.25, 0.3) is 5.56 Å². The third-order valence-corrected chi connectivity index (χ3v) is 5.75. The van der Waals surface area contributed by atoms with Crippen LogP contribution in [0.3, 0.4) is 0 Å². The number of hydrogen-bond donors (Lipinski definition) is 1. The van der Waals surface area contributed by atoms with E-state index in [0.717, 1.165) is 30.7 Å². The van der Waals surface area contributed by atoms with Gasteiger partial charge in [-0.1, -0.05) is 25.1 Å². The van der Waals surface area contributed by atoms with Gasteiger partial charge in [-0.05, 0) is 37.0 Å². The molecule has 0 radical (unpaired) electrons. The molecule has 31 heavy (non-hydrogen) atoms. The molecule has 2 aromatic carbocycles. The van der Waals surface area contributed by atoms with Gasteiger partial charge in [-0.2, -0.15) is 5.10 Å². The first-order chi connectivity index (χ1) is 15.1. The van der Waals surface area contributed by atoms with Crippen LogP contribution in [0.15, 0.2) is 47.3 Å². The lowest BCUT2D eigenvalue weighted by molar-refractivity contribution is -0.117. The SMILES string of the molecule is CC1CCCN(c2nn(CC(=O)Nc3ccc4c(c3)OCO4)c(=O)c3ccccc23)C1. The van der Waals surface area contributed by atoms with E-state index in [4.69, 9.17) is 9.47 Å². The maximum absolute atomic E-state index is 13.0. The van der Waals surface area contributed by atoms with Crippen molar-refractivity contribution < 1.29 is 14.3 Å². The van der Waals surface area contributed by atoms with E-state index in [0.29, 0.717) is 28.5 Å². The number of piperidine rings is 1. The molecule has 2 aliphatic rings. The lowest BCUT2D eigenvalue weighted by Crippen LogP contribution is -2.38. The fourth-order valence-corrected chi connectivity index (χ4v) is 4.25. The van der Waals surface area contributed by atoms with Crippen LogP contribution in [0.25, 0.3) is 10.8 Å². The van der Waals surface area contributed by atoms with E-state index < -0.39 is 0 Å². The van der Waals surface area contributed by atoms with Crippen molar-refractivity contribution in [2.45, 2.75) is 26.3 Å². The molecule has 1 N–H and O–H groups in total. The zero-order valence-electron chi connectivity index (χ0n) is 17.3. The number of hydrogen-bond acceptors (Lipinski definition) is 6. The number of aromatic nitrogens is 2. The highest BCUT2D eigenvalue weighted by atomic mass is 16.7. The van der Waals surface area contributed by atoms with Gasteiger partial charge in [-0.15, -0.1) is 0 Å². The van der Waals surface area contributed by atoms with E-state index in [1.165, 1.54) is 11.1 Å². The number of amides is 1. The van der Waals surface area contributed by atoms with Gasteiger partial charge in [0.2, 0.25) is 12.7 Å². The highest BCUT2D eigenvalue weighted by Crippen LogP contribution is 2.34. The predicted molar refractivity (Wildman–Crippen MR) is 118 cm³/mol. The highest BCUT2D eigenvalue weighted by molar-refractivity contribution is 5.93. The van der Waals surface area contributed by atoms with Crippen LogP contribution in [0.2, 0.25) is 0 Å². The van der Waals surface area contributed by atoms with Crippen LogP contribution >= 0.6 is 0 Å². The summed E-state index contributed by atoms with van der Waals surface area (Å²) in [6, 6.07) is 12.7. The van der Waals surface area contributed by atoms with Crippen LogP contribution in [0.4, 0.5) is 11.5 Å². The van der Waals surface area contributed by atoms with Gasteiger partial charge in [0.1, 0.15) is 6.54 Å². The molecule has 3 heterocycles. The number of nitrogens with zero attached hydrogens (tertiary/aromatic N) is 3. The van der Waals surface area contributed by atoms with Crippen molar-refractivity contribution in [3.05, 3.63) is 52.8 Å². The molecule has 0 spiro atoms. The minimum Gasteiger partial charge on any atom is -0.454 e. The quantitative estimate of drug-likeness (QED) is 0.698. The Balaban J connectivity index is 1.44. The van der Waals surface area contributed by atoms with Crippen molar-refractivity contribution in [1.82, 2.24) is 9.78 Å². The zero-order valence-corrected chi connectivity index (χ0v) is 17.3. The summed E-state index contributed by atoms with van der Waals surface area (Å²) in [5.41, 5.74) is 0.304. The van der Waals surface area contributed by atoms with E-state index in [-0.39, 0.29) is 24.8 Å². The second-order valence-corrected chi connectivity index (χ2v) is 8.14. The largest absolute Gasteiger partial charge is 0.454 e. The summed E-state index contributed by atoms with van der Waals surface area (Å²) in [7, 11) is 0. The lowest BCUT2D eigenvalue weighted by Gasteiger charge is -2.32. The average molecular weight is 420 g/mol. The number of benzene rings is 2. The summed E-state index contributed by atoms with van der Waals surface area (Å²) in [6.07, 6.45) is 2.27. The summed E-state index contributed by atoms with van der Waals surface area (Å²) in [5.74, 6) is 2.22. The number of rotatable bonds is 4. The molecule has 8 heteroatoms. The predicted octanol–water partition coefficient (Wildman–Crippen LogP) is 3.00. The minimum atomic E-state index is -0.332. The molecule has 5 rings (SSSR count). The summed E-state index contributed by atoms with van der Waals surface area (Å²) in [4.78, 5) is 28.0. The molecule has 1 saturated heterocycles. The lowest BCUT2D eigenvalue weighted by atomic mass is 10.00. The molecule has 1 amide bonds. The van der Waals surface area contributed by atoms with Crippen LogP contribution in [0, 0.1) is 5.92 Å². The second-order valence-electron chi connectivity index (χ2n) is 8.14. The Morgan fingerprint density at radius 1 is 1.16 bits per heavy atom. The Morgan fingerprint density at radius 3 is 2.81 bits per heavy atom. The maximum atomic E-state index is 13.0. The first-order valence-corrected chi connectivity index (χ1v) is 10.5. The van der Waals surface area contributed by atoms with Crippen LogP contribution in [0.1, 0.15) is 19.8 Å². The normalized spacial score (nSPS) is 17.7. The smallest absolute Gasteiger partial charge is 0.275 e. The Kier molecular flexibility index (Phi) is 4.97. The van der Waals surface area contributed by atoms with Crippen molar-refractivity contribution in [2.24, 2.45) is 5.92 Å². The third-order valence-electron chi connectivity index (χ3n) is 5.75. The molecule has 0 saturated carbocycles. The molecule has 0 aliphatic carbocycles. The topological polar surface area (TPSA) is 85.7 Å². The first kappa shape index (κ1) is 19.4. The van der Waals surface area contributed by atoms with Gasteiger partial charge in [0.15, 0.2) is 17.3 Å². The van der Waals surface area contributed by atoms with Crippen LogP contribution in [0.5, 0.6) is 11.5 Å². The van der Waals surface area contributed by atoms with E-state index in [2.05, 4.69) is 22.2 Å². The van der Waals surface area contributed by atoms with E-state index in [1.54, 1.807) is 24.3 Å². The minimum absolute atomic E-state index is 0.168. The van der Waals surface area contributed by atoms with Crippen molar-refractivity contribution in [1.29, 1.82) is 0 Å². The number of carbonyl (C=O) groups excluding carboxylic acids is 1. The zero-order chi connectivity index (χ0) is 21.4. The molecular formula is C23H24N4O4. The fourth-order valence-electron chi connectivity index (χ4n) is 4.25. The number of fused-ring (bicyclic) bond motifs is 2. The molecule has 1 atom stereocenters. The average Bonchev–Trinajstić information content (AvgIpc) is 3.23. The summed E-state index contributed by atoms with van der Waals surface area (Å²) in [6.45, 7) is 4.00. The van der Waals surface area contributed by atoms with Crippen LogP contribution in [-0.2, 0) is 11.3 Å². The molecule has 2 aliphatic heterocycles. The van der Waals surface area contributed by atoms with Gasteiger partial charge in [0.05, 0.1) is 5.39 Å². The molecule has 3 aromatic rings. The molecule has 1 fully saturated rings. The highest BCUT2D eigenvalue weighted by Gasteiger charge is 2.22. The standard InChI is InChI=1S/C23H24N4O4/c1-15-5-4-10-26(12-15)22-17-6-2-3-7-18(17)23(29)27(25-22)13-21(28)24-16-8-9-19-20(11-16)31-14-30-19/h2-3,6-9,11,15H,4-5,10,12-14H2,1H3,(H,24,28). The van der Waals surface area contributed by atoms with Gasteiger partial charge in [-0.3, -0.25) is 9.59 Å². The Morgan fingerprint density at radius 2 is 1.97 bits per heavy atom. The Bertz CT molecular complexity index is 1210. The van der Waals surface area contributed by atoms with E-state index in [9.17, 15) is 9.59 Å². The van der Waals surface area contributed by atoms with Gasteiger partial charge < -0.3 is 19.7 Å². The summed E-state index contributed by atoms with van der Waals surface area (Å²) in [5, 5.41) is 8.83. The van der Waals surface area contributed by atoms with Gasteiger partial charge in [0, 0.05) is 30.2 Å². The number of nitrogens with one attached hydrogen (secondary N) is 1. The molecule has 160 valence electrons. The first-order valence-electron chi connectivity index (χ1n) is 10.5. The number of anilines is 2. The van der Waals surface area contributed by atoms with Gasteiger partial charge in [-0.25, -0.2) is 4.68 Å². The monoisotopic (exact) mass is 420 g/mol. The number of carbonyl (C=O) groups is 1. The van der Waals surface area contributed by atoms with E-state index >= 15 is 0 Å². The second kappa shape index (κ2) is 7.94. The van der Waals surface area contributed by atoms with Crippen LogP contribution in [-0.4, -0.2) is 35.6 Å². The van der Waals surface area contributed by atoms with Crippen molar-refractivity contribution in [2.75, 3.05) is 30.1 Å². The molecule has 1 aromatic heterocycles. The Hall–Kier alpha value is -3.55. The summed E-state index contributed by atoms with van der Waals surface area (Å²) >= 11 is 0. The maximum Gasteiger partial charge on any atom is 0.275 e. The molecule has 8 nitrogen and oxygen atoms in total. The van der Waals surface area contributed by atoms with Gasteiger partial charge >= 0.3 is 0 Å². The van der Waals surface area contributed by atoms with Crippen molar-refractivity contribution >= 4 is 28.2 Å². The van der Waals surface area contributed by atoms with Crippen molar-refractivity contribution in [3.8, 4) is 11.5 Å². The van der Waals surface area contributed by atoms with Crippen molar-refractivity contribution in [3.63, 3.8) is 0 Å². The molecule has 0 bridgehead atoms.